The van der Waals surface area contributed by atoms with Gasteiger partial charge in [-0.15, -0.1) is 0 Å². The number of carbonyl (C=O) groups is 2. The zero-order valence-electron chi connectivity index (χ0n) is 22.8. The van der Waals surface area contributed by atoms with Gasteiger partial charge in [-0.25, -0.2) is 0 Å². The standard InChI is InChI=1S/C31H45NO5/c1-3-5-7-9-14-20-36-28-18-19-30(37-21-15-10-8-6-4-2)29(23-28)32-31(34)22-27(33)25-35-24-26-16-12-11-13-17-26/h11-13,16-19,23H,3-10,14-15,20-22,24-25H2,1-2H3,(H,32,34). The SMILES string of the molecule is CCCCCCCOc1ccc(OCCCCCCC)c(NC(=O)CC(=O)COCc2ccccc2)c1. The minimum absolute atomic E-state index is 0.107. The Labute approximate surface area is 223 Å². The van der Waals surface area contributed by atoms with Crippen molar-refractivity contribution >= 4 is 17.4 Å². The average molecular weight is 512 g/mol. The summed E-state index contributed by atoms with van der Waals surface area (Å²) in [6.45, 7) is 5.84. The van der Waals surface area contributed by atoms with Gasteiger partial charge in [0.15, 0.2) is 5.78 Å². The Kier molecular flexibility index (Phi) is 15.8. The molecule has 2 aromatic rings. The van der Waals surface area contributed by atoms with Gasteiger partial charge in [0.25, 0.3) is 0 Å². The lowest BCUT2D eigenvalue weighted by Gasteiger charge is -2.15. The molecule has 6 heteroatoms. The van der Waals surface area contributed by atoms with Crippen LogP contribution in [0.15, 0.2) is 48.5 Å². The molecule has 0 spiro atoms. The fourth-order valence-electron chi connectivity index (χ4n) is 3.89. The molecule has 0 heterocycles. The second-order valence-corrected chi connectivity index (χ2v) is 9.43. The summed E-state index contributed by atoms with van der Waals surface area (Å²) in [6.07, 6.45) is 11.3. The molecule has 1 amide bonds. The van der Waals surface area contributed by atoms with Crippen LogP contribution in [0.1, 0.15) is 90.0 Å². The van der Waals surface area contributed by atoms with Gasteiger partial charge in [0.2, 0.25) is 5.91 Å². The van der Waals surface area contributed by atoms with Crippen LogP contribution in [0.25, 0.3) is 0 Å². The molecule has 0 bridgehead atoms. The number of nitrogens with one attached hydrogen (secondary N) is 1. The summed E-state index contributed by atoms with van der Waals surface area (Å²) in [4.78, 5) is 24.9. The van der Waals surface area contributed by atoms with Crippen LogP contribution in [0.3, 0.4) is 0 Å². The molecular formula is C31H45NO5. The Morgan fingerprint density at radius 2 is 1.41 bits per heavy atom. The van der Waals surface area contributed by atoms with Crippen LogP contribution in [0.5, 0.6) is 11.5 Å². The third-order valence-electron chi connectivity index (χ3n) is 5.98. The molecule has 0 aliphatic rings. The smallest absolute Gasteiger partial charge is 0.232 e. The Morgan fingerprint density at radius 1 is 0.757 bits per heavy atom. The highest BCUT2D eigenvalue weighted by molar-refractivity contribution is 6.05. The van der Waals surface area contributed by atoms with Gasteiger partial charge in [-0.2, -0.15) is 0 Å². The molecule has 6 nitrogen and oxygen atoms in total. The van der Waals surface area contributed by atoms with Crippen molar-refractivity contribution in [1.29, 1.82) is 0 Å². The largest absolute Gasteiger partial charge is 0.494 e. The molecule has 37 heavy (non-hydrogen) atoms. The molecule has 0 atom stereocenters. The predicted octanol–water partition coefficient (Wildman–Crippen LogP) is 7.50. The minimum atomic E-state index is -0.391. The first kappa shape index (κ1) is 30.4. The van der Waals surface area contributed by atoms with Crippen LogP contribution < -0.4 is 14.8 Å². The van der Waals surface area contributed by atoms with E-state index in [1.165, 1.54) is 38.5 Å². The van der Waals surface area contributed by atoms with Crippen molar-refractivity contribution in [3.63, 3.8) is 0 Å². The van der Waals surface area contributed by atoms with E-state index in [0.29, 0.717) is 37.0 Å². The maximum atomic E-state index is 12.6. The highest BCUT2D eigenvalue weighted by Crippen LogP contribution is 2.30. The zero-order valence-corrected chi connectivity index (χ0v) is 22.8. The first-order valence-electron chi connectivity index (χ1n) is 13.9. The van der Waals surface area contributed by atoms with E-state index in [0.717, 1.165) is 31.2 Å². The summed E-state index contributed by atoms with van der Waals surface area (Å²) < 4.78 is 17.4. The Morgan fingerprint density at radius 3 is 2.08 bits per heavy atom. The molecule has 1 N–H and O–H groups in total. The molecule has 0 fully saturated rings. The number of benzene rings is 2. The maximum Gasteiger partial charge on any atom is 0.232 e. The van der Waals surface area contributed by atoms with E-state index in [-0.39, 0.29) is 18.8 Å². The Hall–Kier alpha value is -2.86. The average Bonchev–Trinajstić information content (AvgIpc) is 2.89. The molecule has 0 unspecified atom stereocenters. The van der Waals surface area contributed by atoms with Crippen molar-refractivity contribution < 1.29 is 23.8 Å². The second kappa shape index (κ2) is 19.3. The topological polar surface area (TPSA) is 73.9 Å². The van der Waals surface area contributed by atoms with Crippen LogP contribution in [0.4, 0.5) is 5.69 Å². The van der Waals surface area contributed by atoms with Crippen molar-refractivity contribution in [2.75, 3.05) is 25.1 Å². The first-order chi connectivity index (χ1) is 18.1. The molecule has 0 aromatic heterocycles. The highest BCUT2D eigenvalue weighted by atomic mass is 16.5. The molecule has 204 valence electrons. The van der Waals surface area contributed by atoms with E-state index in [1.54, 1.807) is 6.07 Å². The number of ketones is 1. The lowest BCUT2D eigenvalue weighted by molar-refractivity contribution is -0.128. The van der Waals surface area contributed by atoms with Gasteiger partial charge >= 0.3 is 0 Å². The summed E-state index contributed by atoms with van der Waals surface area (Å²) in [7, 11) is 0. The van der Waals surface area contributed by atoms with E-state index in [9.17, 15) is 9.59 Å². The molecule has 0 aliphatic heterocycles. The van der Waals surface area contributed by atoms with Crippen LogP contribution in [0, 0.1) is 0 Å². The molecule has 0 saturated carbocycles. The number of Topliss-reactive ketones (excluding diaryl/α,β-unsaturated/α-hetero) is 1. The van der Waals surface area contributed by atoms with E-state index in [1.807, 2.05) is 42.5 Å². The molecule has 0 saturated heterocycles. The summed E-state index contributed by atoms with van der Waals surface area (Å²) in [6, 6.07) is 15.1. The van der Waals surface area contributed by atoms with Gasteiger partial charge in [-0.05, 0) is 30.5 Å². The van der Waals surface area contributed by atoms with Crippen molar-refractivity contribution in [3.05, 3.63) is 54.1 Å². The van der Waals surface area contributed by atoms with Crippen molar-refractivity contribution in [3.8, 4) is 11.5 Å². The van der Waals surface area contributed by atoms with E-state index in [2.05, 4.69) is 19.2 Å². The summed E-state index contributed by atoms with van der Waals surface area (Å²) in [5.74, 6) is 0.606. The third kappa shape index (κ3) is 13.9. The lowest BCUT2D eigenvalue weighted by atomic mass is 10.2. The number of carbonyl (C=O) groups excluding carboxylic acids is 2. The van der Waals surface area contributed by atoms with E-state index < -0.39 is 5.91 Å². The van der Waals surface area contributed by atoms with Crippen molar-refractivity contribution in [1.82, 2.24) is 0 Å². The molecular weight excluding hydrogens is 466 g/mol. The van der Waals surface area contributed by atoms with E-state index >= 15 is 0 Å². The maximum absolute atomic E-state index is 12.6. The quantitative estimate of drug-likeness (QED) is 0.139. The van der Waals surface area contributed by atoms with Crippen LogP contribution in [0.2, 0.25) is 0 Å². The van der Waals surface area contributed by atoms with Gasteiger partial charge in [0.1, 0.15) is 18.1 Å². The minimum Gasteiger partial charge on any atom is -0.494 e. The fourth-order valence-corrected chi connectivity index (χ4v) is 3.89. The molecule has 0 aliphatic carbocycles. The number of hydrogen-bond donors (Lipinski definition) is 1. The van der Waals surface area contributed by atoms with Crippen LogP contribution in [-0.4, -0.2) is 31.5 Å². The number of amides is 1. The van der Waals surface area contributed by atoms with Crippen molar-refractivity contribution in [2.45, 2.75) is 91.1 Å². The fraction of sp³-hybridized carbons (Fsp3) is 0.548. The molecule has 2 aromatic carbocycles. The molecule has 0 radical (unpaired) electrons. The number of unbranched alkanes of at least 4 members (excludes halogenated alkanes) is 8. The first-order valence-corrected chi connectivity index (χ1v) is 13.9. The Balaban J connectivity index is 1.87. The normalized spacial score (nSPS) is 10.8. The summed E-state index contributed by atoms with van der Waals surface area (Å²) in [5.41, 5.74) is 1.51. The van der Waals surface area contributed by atoms with Gasteiger partial charge in [-0.1, -0.05) is 95.5 Å². The molecule has 2 rings (SSSR count). The van der Waals surface area contributed by atoms with Crippen molar-refractivity contribution in [2.24, 2.45) is 0 Å². The van der Waals surface area contributed by atoms with E-state index in [4.69, 9.17) is 14.2 Å². The summed E-state index contributed by atoms with van der Waals surface area (Å²) >= 11 is 0. The highest BCUT2D eigenvalue weighted by Gasteiger charge is 2.14. The van der Waals surface area contributed by atoms with Gasteiger partial charge < -0.3 is 19.5 Å². The predicted molar refractivity (Wildman–Crippen MR) is 149 cm³/mol. The number of hydrogen-bond acceptors (Lipinski definition) is 5. The zero-order chi connectivity index (χ0) is 26.6. The van der Waals surface area contributed by atoms with Gasteiger partial charge in [0, 0.05) is 6.07 Å². The second-order valence-electron chi connectivity index (χ2n) is 9.43. The lowest BCUT2D eigenvalue weighted by Crippen LogP contribution is -2.20. The number of rotatable bonds is 21. The van der Waals surface area contributed by atoms with Crippen LogP contribution >= 0.6 is 0 Å². The van der Waals surface area contributed by atoms with Gasteiger partial charge in [0.05, 0.1) is 31.9 Å². The summed E-state index contributed by atoms with van der Waals surface area (Å²) in [5, 5.41) is 2.85. The number of anilines is 1. The van der Waals surface area contributed by atoms with Gasteiger partial charge in [-0.3, -0.25) is 9.59 Å². The monoisotopic (exact) mass is 511 g/mol. The Bertz CT molecular complexity index is 900. The third-order valence-corrected chi connectivity index (χ3v) is 5.98. The van der Waals surface area contributed by atoms with Crippen LogP contribution in [-0.2, 0) is 20.9 Å². The number of ether oxygens (including phenoxy) is 3.